The molecule has 0 atom stereocenters. The fourth-order valence-corrected chi connectivity index (χ4v) is 2.92. The second kappa shape index (κ2) is 9.71. The van der Waals surface area contributed by atoms with Crippen molar-refractivity contribution in [2.24, 2.45) is 0 Å². The summed E-state index contributed by atoms with van der Waals surface area (Å²) in [5.41, 5.74) is 1.22. The smallest absolute Gasteiger partial charge is 0.257 e. The zero-order valence-electron chi connectivity index (χ0n) is 12.4. The van der Waals surface area contributed by atoms with Crippen molar-refractivity contribution in [1.29, 1.82) is 0 Å². The summed E-state index contributed by atoms with van der Waals surface area (Å²) < 4.78 is 5.37. The summed E-state index contributed by atoms with van der Waals surface area (Å²) >= 11 is 13.4. The topological polar surface area (TPSA) is 38.3 Å². The highest BCUT2D eigenvalue weighted by atomic mass is 35.5. The van der Waals surface area contributed by atoms with Crippen LogP contribution < -0.4 is 10.1 Å². The zero-order valence-corrected chi connectivity index (χ0v) is 14.8. The molecule has 6 heteroatoms. The standard InChI is InChI=1S/C17H17Cl2NO2S/c18-14-6-4-13(5-7-14)12-23-9-8-20-17(21)11-22-16-3-1-2-15(19)10-16/h1-7,10H,8-9,11-12H2,(H,20,21). The number of hydrogen-bond donors (Lipinski definition) is 1. The Kier molecular flexibility index (Phi) is 7.59. The number of thioether (sulfide) groups is 1. The largest absolute Gasteiger partial charge is 0.484 e. The first kappa shape index (κ1) is 18.0. The molecule has 0 aliphatic rings. The average molecular weight is 370 g/mol. The molecule has 122 valence electrons. The molecule has 2 rings (SSSR count). The molecule has 0 heterocycles. The maximum atomic E-state index is 11.7. The van der Waals surface area contributed by atoms with Gasteiger partial charge in [0, 0.05) is 28.1 Å². The van der Waals surface area contributed by atoms with E-state index in [0.717, 1.165) is 16.5 Å². The number of ether oxygens (including phenoxy) is 1. The van der Waals surface area contributed by atoms with E-state index in [-0.39, 0.29) is 12.5 Å². The lowest BCUT2D eigenvalue weighted by atomic mass is 10.2. The van der Waals surface area contributed by atoms with Gasteiger partial charge in [-0.15, -0.1) is 0 Å². The Hall–Kier alpha value is -1.36. The third-order valence-electron chi connectivity index (χ3n) is 2.92. The lowest BCUT2D eigenvalue weighted by molar-refractivity contribution is -0.122. The van der Waals surface area contributed by atoms with Crippen LogP contribution in [-0.2, 0) is 10.5 Å². The van der Waals surface area contributed by atoms with E-state index in [4.69, 9.17) is 27.9 Å². The Labute approximate surface area is 150 Å². The van der Waals surface area contributed by atoms with Crippen LogP contribution in [0.15, 0.2) is 48.5 Å². The summed E-state index contributed by atoms with van der Waals surface area (Å²) in [6, 6.07) is 14.8. The van der Waals surface area contributed by atoms with Gasteiger partial charge >= 0.3 is 0 Å². The molecule has 3 nitrogen and oxygen atoms in total. The Morgan fingerprint density at radius 3 is 2.61 bits per heavy atom. The highest BCUT2D eigenvalue weighted by Gasteiger charge is 2.03. The van der Waals surface area contributed by atoms with Gasteiger partial charge in [0.25, 0.3) is 5.91 Å². The molecule has 0 saturated carbocycles. The van der Waals surface area contributed by atoms with Gasteiger partial charge in [0.2, 0.25) is 0 Å². The fraction of sp³-hybridized carbons (Fsp3) is 0.235. The van der Waals surface area contributed by atoms with Crippen LogP contribution >= 0.6 is 35.0 Å². The molecular formula is C17H17Cl2NO2S. The summed E-state index contributed by atoms with van der Waals surface area (Å²) in [5.74, 6) is 2.18. The Bertz CT molecular complexity index is 635. The van der Waals surface area contributed by atoms with Crippen molar-refractivity contribution in [3.05, 3.63) is 64.1 Å². The molecule has 0 radical (unpaired) electrons. The molecule has 1 amide bonds. The molecule has 0 aromatic heterocycles. The van der Waals surface area contributed by atoms with Crippen molar-refractivity contribution in [1.82, 2.24) is 5.32 Å². The third-order valence-corrected chi connectivity index (χ3v) is 4.43. The highest BCUT2D eigenvalue weighted by Crippen LogP contribution is 2.17. The molecule has 2 aromatic carbocycles. The van der Waals surface area contributed by atoms with E-state index in [2.05, 4.69) is 5.32 Å². The molecule has 0 aliphatic heterocycles. The average Bonchev–Trinajstić information content (AvgIpc) is 2.54. The van der Waals surface area contributed by atoms with Crippen molar-refractivity contribution >= 4 is 40.9 Å². The maximum absolute atomic E-state index is 11.7. The van der Waals surface area contributed by atoms with E-state index in [9.17, 15) is 4.79 Å². The van der Waals surface area contributed by atoms with E-state index in [1.165, 1.54) is 5.56 Å². The van der Waals surface area contributed by atoms with Crippen LogP contribution in [0.5, 0.6) is 5.75 Å². The molecule has 0 bridgehead atoms. The van der Waals surface area contributed by atoms with Crippen LogP contribution in [0, 0.1) is 0 Å². The second-order valence-electron chi connectivity index (χ2n) is 4.78. The molecule has 0 aliphatic carbocycles. The maximum Gasteiger partial charge on any atom is 0.257 e. The van der Waals surface area contributed by atoms with Gasteiger partial charge in [0.1, 0.15) is 5.75 Å². The van der Waals surface area contributed by atoms with E-state index in [1.807, 2.05) is 24.3 Å². The van der Waals surface area contributed by atoms with Crippen LogP contribution in [0.3, 0.4) is 0 Å². The normalized spacial score (nSPS) is 10.3. The van der Waals surface area contributed by atoms with Crippen LogP contribution in [-0.4, -0.2) is 24.8 Å². The number of carbonyl (C=O) groups is 1. The minimum atomic E-state index is -0.142. The molecule has 0 spiro atoms. The van der Waals surface area contributed by atoms with Crippen LogP contribution in [0.4, 0.5) is 0 Å². The van der Waals surface area contributed by atoms with Crippen molar-refractivity contribution in [2.45, 2.75) is 5.75 Å². The quantitative estimate of drug-likeness (QED) is 0.699. The number of rotatable bonds is 8. The summed E-state index contributed by atoms with van der Waals surface area (Å²) in [7, 11) is 0. The summed E-state index contributed by atoms with van der Waals surface area (Å²) in [5, 5.41) is 4.15. The van der Waals surface area contributed by atoms with Gasteiger partial charge in [-0.1, -0.05) is 41.4 Å². The van der Waals surface area contributed by atoms with Crippen LogP contribution in [0.1, 0.15) is 5.56 Å². The van der Waals surface area contributed by atoms with Gasteiger partial charge in [-0.3, -0.25) is 4.79 Å². The molecule has 0 fully saturated rings. The first-order valence-electron chi connectivity index (χ1n) is 7.11. The van der Waals surface area contributed by atoms with Gasteiger partial charge in [0.15, 0.2) is 6.61 Å². The Morgan fingerprint density at radius 1 is 1.09 bits per heavy atom. The van der Waals surface area contributed by atoms with Gasteiger partial charge < -0.3 is 10.1 Å². The van der Waals surface area contributed by atoms with E-state index in [0.29, 0.717) is 17.3 Å². The van der Waals surface area contributed by atoms with Crippen molar-refractivity contribution in [3.63, 3.8) is 0 Å². The van der Waals surface area contributed by atoms with Gasteiger partial charge in [-0.2, -0.15) is 11.8 Å². The Morgan fingerprint density at radius 2 is 1.87 bits per heavy atom. The second-order valence-corrected chi connectivity index (χ2v) is 6.75. The van der Waals surface area contributed by atoms with E-state index in [1.54, 1.807) is 36.0 Å². The molecular weight excluding hydrogens is 353 g/mol. The van der Waals surface area contributed by atoms with Crippen LogP contribution in [0.2, 0.25) is 10.0 Å². The minimum absolute atomic E-state index is 0.0117. The first-order chi connectivity index (χ1) is 11.1. The summed E-state index contributed by atoms with van der Waals surface area (Å²) in [4.78, 5) is 11.7. The molecule has 23 heavy (non-hydrogen) atoms. The SMILES string of the molecule is O=C(COc1cccc(Cl)c1)NCCSCc1ccc(Cl)cc1. The van der Waals surface area contributed by atoms with Crippen LogP contribution in [0.25, 0.3) is 0 Å². The van der Waals surface area contributed by atoms with Gasteiger partial charge in [-0.05, 0) is 35.9 Å². The number of halogens is 2. The number of benzene rings is 2. The first-order valence-corrected chi connectivity index (χ1v) is 9.02. The molecule has 0 unspecified atom stereocenters. The van der Waals surface area contributed by atoms with Gasteiger partial charge in [0.05, 0.1) is 0 Å². The van der Waals surface area contributed by atoms with Crippen molar-refractivity contribution < 1.29 is 9.53 Å². The molecule has 0 saturated heterocycles. The van der Waals surface area contributed by atoms with Crippen molar-refractivity contribution in [3.8, 4) is 5.75 Å². The fourth-order valence-electron chi connectivity index (χ4n) is 1.79. The van der Waals surface area contributed by atoms with E-state index < -0.39 is 0 Å². The summed E-state index contributed by atoms with van der Waals surface area (Å²) in [6.45, 7) is 0.595. The summed E-state index contributed by atoms with van der Waals surface area (Å²) in [6.07, 6.45) is 0. The molecule has 2 aromatic rings. The van der Waals surface area contributed by atoms with E-state index >= 15 is 0 Å². The Balaban J connectivity index is 1.57. The lowest BCUT2D eigenvalue weighted by Gasteiger charge is -2.08. The minimum Gasteiger partial charge on any atom is -0.484 e. The third kappa shape index (κ3) is 7.16. The number of carbonyl (C=O) groups excluding carboxylic acids is 1. The lowest BCUT2D eigenvalue weighted by Crippen LogP contribution is -2.30. The number of nitrogens with one attached hydrogen (secondary N) is 1. The number of amides is 1. The van der Waals surface area contributed by atoms with Gasteiger partial charge in [-0.25, -0.2) is 0 Å². The predicted octanol–water partition coefficient (Wildman–Crippen LogP) is 4.42. The highest BCUT2D eigenvalue weighted by molar-refractivity contribution is 7.98. The number of hydrogen-bond acceptors (Lipinski definition) is 3. The predicted molar refractivity (Wildman–Crippen MR) is 97.6 cm³/mol. The monoisotopic (exact) mass is 369 g/mol. The molecule has 1 N–H and O–H groups in total. The zero-order chi connectivity index (χ0) is 16.5. The van der Waals surface area contributed by atoms with Crippen molar-refractivity contribution in [2.75, 3.05) is 18.9 Å².